The van der Waals surface area contributed by atoms with Gasteiger partial charge in [0.1, 0.15) is 5.60 Å². The van der Waals surface area contributed by atoms with Crippen molar-refractivity contribution >= 4 is 15.6 Å². The van der Waals surface area contributed by atoms with Gasteiger partial charge in [-0.1, -0.05) is 37.5 Å². The third-order valence-corrected chi connectivity index (χ3v) is 9.17. The lowest BCUT2D eigenvalue weighted by Crippen LogP contribution is -2.32. The van der Waals surface area contributed by atoms with Crippen LogP contribution in [0.15, 0.2) is 40.3 Å². The highest BCUT2D eigenvalue weighted by molar-refractivity contribution is 7.89. The molecule has 2 aliphatic rings. The second-order valence-corrected chi connectivity index (χ2v) is 11.4. The first-order valence-corrected chi connectivity index (χ1v) is 13.8. The van der Waals surface area contributed by atoms with E-state index in [9.17, 15) is 13.5 Å². The number of aliphatic hydroxyl groups is 1. The van der Waals surface area contributed by atoms with E-state index in [0.717, 1.165) is 61.7 Å². The molecule has 0 bridgehead atoms. The van der Waals surface area contributed by atoms with Gasteiger partial charge < -0.3 is 5.11 Å². The Kier molecular flexibility index (Phi) is 8.55. The van der Waals surface area contributed by atoms with Crippen LogP contribution in [-0.2, 0) is 15.6 Å². The number of nitriles is 1. The molecule has 1 heterocycles. The highest BCUT2D eigenvalue weighted by Gasteiger charge is 2.37. The molecule has 1 aromatic carbocycles. The standard InChI is InChI=1S/C27H38N2O3S/c1-4-5-16-27(30,22(3)23-12-10-13-23)26-20-24(33(31,32)29-18-8-9-19-29)14-15-25(26)21(2)11-6-7-17-28/h11,14-15,20,30H,4-10,12-13,16,18-19H2,1-3H3. The number of allylic oxidation sites excluding steroid dienone is 3. The SMILES string of the molecule is CCCCC(O)(C(C)=C1CCC1)c1cc(S(=O)(=O)N2CCCC2)ccc1C(C)=CCCC#N. The van der Waals surface area contributed by atoms with Gasteiger partial charge in [-0.3, -0.25) is 0 Å². The van der Waals surface area contributed by atoms with E-state index in [1.54, 1.807) is 16.4 Å². The molecule has 0 radical (unpaired) electrons. The van der Waals surface area contributed by atoms with E-state index in [4.69, 9.17) is 5.26 Å². The van der Waals surface area contributed by atoms with Crippen molar-refractivity contribution in [2.75, 3.05) is 13.1 Å². The number of sulfonamides is 1. The van der Waals surface area contributed by atoms with Crippen molar-refractivity contribution in [1.82, 2.24) is 4.31 Å². The summed E-state index contributed by atoms with van der Waals surface area (Å²) in [6.07, 6.45) is 10.3. The van der Waals surface area contributed by atoms with Gasteiger partial charge in [0.25, 0.3) is 0 Å². The van der Waals surface area contributed by atoms with Crippen molar-refractivity contribution in [3.63, 3.8) is 0 Å². The maximum atomic E-state index is 13.4. The fraction of sp³-hybridized carbons (Fsp3) is 0.593. The highest BCUT2D eigenvalue weighted by Crippen LogP contribution is 2.44. The molecule has 1 unspecified atom stereocenters. The molecule has 1 aliphatic heterocycles. The van der Waals surface area contributed by atoms with Gasteiger partial charge in [-0.25, -0.2) is 8.42 Å². The van der Waals surface area contributed by atoms with Gasteiger partial charge in [-0.2, -0.15) is 9.57 Å². The van der Waals surface area contributed by atoms with Crippen molar-refractivity contribution < 1.29 is 13.5 Å². The lowest BCUT2D eigenvalue weighted by atomic mass is 9.74. The minimum absolute atomic E-state index is 0.259. The fourth-order valence-corrected chi connectivity index (χ4v) is 6.43. The molecule has 1 N–H and O–H groups in total. The van der Waals surface area contributed by atoms with Crippen LogP contribution in [0.25, 0.3) is 5.57 Å². The van der Waals surface area contributed by atoms with Gasteiger partial charge in [0.15, 0.2) is 0 Å². The van der Waals surface area contributed by atoms with Crippen LogP contribution < -0.4 is 0 Å². The smallest absolute Gasteiger partial charge is 0.243 e. The molecule has 2 fully saturated rings. The van der Waals surface area contributed by atoms with Gasteiger partial charge >= 0.3 is 0 Å². The maximum Gasteiger partial charge on any atom is 0.243 e. The summed E-state index contributed by atoms with van der Waals surface area (Å²) in [6.45, 7) is 7.21. The molecule has 0 spiro atoms. The zero-order chi connectivity index (χ0) is 24.1. The molecule has 33 heavy (non-hydrogen) atoms. The van der Waals surface area contributed by atoms with E-state index in [1.165, 1.54) is 5.57 Å². The number of benzene rings is 1. The second-order valence-electron chi connectivity index (χ2n) is 9.45. The van der Waals surface area contributed by atoms with Gasteiger partial charge in [-0.05, 0) is 93.2 Å². The second kappa shape index (κ2) is 11.0. The van der Waals surface area contributed by atoms with E-state index in [-0.39, 0.29) is 4.90 Å². The van der Waals surface area contributed by atoms with Crippen LogP contribution in [0.4, 0.5) is 0 Å². The predicted octanol–water partition coefficient (Wildman–Crippen LogP) is 6.06. The van der Waals surface area contributed by atoms with Crippen molar-refractivity contribution in [2.24, 2.45) is 0 Å². The Morgan fingerprint density at radius 3 is 2.48 bits per heavy atom. The molecule has 180 valence electrons. The molecule has 5 nitrogen and oxygen atoms in total. The third-order valence-electron chi connectivity index (χ3n) is 7.27. The van der Waals surface area contributed by atoms with Crippen LogP contribution in [0, 0.1) is 11.3 Å². The average Bonchev–Trinajstić information content (AvgIpc) is 3.32. The molecular formula is C27H38N2O3S. The van der Waals surface area contributed by atoms with Crippen LogP contribution in [0.5, 0.6) is 0 Å². The molecule has 0 amide bonds. The average molecular weight is 471 g/mol. The molecule has 0 aromatic heterocycles. The normalized spacial score (nSPS) is 19.1. The third kappa shape index (κ3) is 5.42. The highest BCUT2D eigenvalue weighted by atomic mass is 32.2. The Morgan fingerprint density at radius 2 is 1.91 bits per heavy atom. The zero-order valence-corrected chi connectivity index (χ0v) is 21.2. The minimum atomic E-state index is -3.60. The molecule has 1 saturated carbocycles. The van der Waals surface area contributed by atoms with Crippen LogP contribution in [0.2, 0.25) is 0 Å². The summed E-state index contributed by atoms with van der Waals surface area (Å²) >= 11 is 0. The number of unbranched alkanes of at least 4 members (excludes halogenated alkanes) is 2. The molecule has 6 heteroatoms. The molecule has 3 rings (SSSR count). The summed E-state index contributed by atoms with van der Waals surface area (Å²) in [6, 6.07) is 7.43. The van der Waals surface area contributed by atoms with E-state index < -0.39 is 15.6 Å². The number of hydrogen-bond acceptors (Lipinski definition) is 4. The molecule has 1 aromatic rings. The summed E-state index contributed by atoms with van der Waals surface area (Å²) in [5.41, 5.74) is 3.57. The lowest BCUT2D eigenvalue weighted by molar-refractivity contribution is 0.0611. The topological polar surface area (TPSA) is 81.4 Å². The molecule has 1 saturated heterocycles. The minimum Gasteiger partial charge on any atom is -0.381 e. The first-order chi connectivity index (χ1) is 15.8. The predicted molar refractivity (Wildman–Crippen MR) is 133 cm³/mol. The summed E-state index contributed by atoms with van der Waals surface area (Å²) in [5, 5.41) is 21.2. The monoisotopic (exact) mass is 470 g/mol. The molecular weight excluding hydrogens is 432 g/mol. The van der Waals surface area contributed by atoms with Gasteiger partial charge in [0.05, 0.1) is 11.0 Å². The summed E-state index contributed by atoms with van der Waals surface area (Å²) in [7, 11) is -3.60. The quantitative estimate of drug-likeness (QED) is 0.333. The lowest BCUT2D eigenvalue weighted by Gasteiger charge is -2.36. The Labute approximate surface area is 199 Å². The summed E-state index contributed by atoms with van der Waals surface area (Å²) in [5.74, 6) is 0. The van der Waals surface area contributed by atoms with Crippen LogP contribution in [0.1, 0.15) is 96.1 Å². The Balaban J connectivity index is 2.18. The van der Waals surface area contributed by atoms with E-state index in [0.29, 0.717) is 37.9 Å². The largest absolute Gasteiger partial charge is 0.381 e. The molecule has 1 atom stereocenters. The van der Waals surface area contributed by atoms with Gasteiger partial charge in [0, 0.05) is 19.5 Å². The van der Waals surface area contributed by atoms with E-state index >= 15 is 0 Å². The maximum absolute atomic E-state index is 13.4. The van der Waals surface area contributed by atoms with Crippen molar-refractivity contribution in [3.8, 4) is 6.07 Å². The first-order valence-electron chi connectivity index (χ1n) is 12.4. The van der Waals surface area contributed by atoms with Crippen LogP contribution in [-0.4, -0.2) is 30.9 Å². The number of nitrogens with zero attached hydrogens (tertiary/aromatic N) is 2. The van der Waals surface area contributed by atoms with Gasteiger partial charge in [-0.15, -0.1) is 0 Å². The summed E-state index contributed by atoms with van der Waals surface area (Å²) < 4.78 is 28.3. The number of hydrogen-bond donors (Lipinski definition) is 1. The van der Waals surface area contributed by atoms with Crippen molar-refractivity contribution in [2.45, 2.75) is 95.5 Å². The van der Waals surface area contributed by atoms with Crippen LogP contribution in [0.3, 0.4) is 0 Å². The number of rotatable bonds is 10. The Hall–Kier alpha value is -1.94. The van der Waals surface area contributed by atoms with Crippen LogP contribution >= 0.6 is 0 Å². The van der Waals surface area contributed by atoms with E-state index in [1.807, 2.05) is 26.0 Å². The summed E-state index contributed by atoms with van der Waals surface area (Å²) in [4.78, 5) is 0.259. The first kappa shape index (κ1) is 25.7. The van der Waals surface area contributed by atoms with Crippen molar-refractivity contribution in [3.05, 3.63) is 46.5 Å². The van der Waals surface area contributed by atoms with Crippen molar-refractivity contribution in [1.29, 1.82) is 5.26 Å². The Morgan fingerprint density at radius 1 is 1.21 bits per heavy atom. The molecule has 1 aliphatic carbocycles. The Bertz CT molecular complexity index is 1050. The fourth-order valence-electron chi connectivity index (χ4n) is 4.89. The zero-order valence-electron chi connectivity index (χ0n) is 20.4. The van der Waals surface area contributed by atoms with E-state index in [2.05, 4.69) is 13.0 Å². The van der Waals surface area contributed by atoms with Gasteiger partial charge in [0.2, 0.25) is 10.0 Å².